The zero-order chi connectivity index (χ0) is 16.1. The average molecular weight is 306 g/mol. The second kappa shape index (κ2) is 7.38. The predicted octanol–water partition coefficient (Wildman–Crippen LogP) is 2.48. The van der Waals surface area contributed by atoms with E-state index in [0.29, 0.717) is 35.9 Å². The first kappa shape index (κ1) is 16.5. The van der Waals surface area contributed by atoms with Crippen LogP contribution in [0.15, 0.2) is 12.1 Å². The summed E-state index contributed by atoms with van der Waals surface area (Å²) in [7, 11) is 3.18. The number of rotatable bonds is 5. The zero-order valence-corrected chi connectivity index (χ0v) is 13.7. The van der Waals surface area contributed by atoms with Gasteiger partial charge in [0.05, 0.1) is 14.2 Å². The van der Waals surface area contributed by atoms with Crippen molar-refractivity contribution in [2.24, 2.45) is 5.92 Å². The smallest absolute Gasteiger partial charge is 0.222 e. The van der Waals surface area contributed by atoms with Gasteiger partial charge in [-0.3, -0.25) is 4.79 Å². The summed E-state index contributed by atoms with van der Waals surface area (Å²) in [6.45, 7) is 3.95. The summed E-state index contributed by atoms with van der Waals surface area (Å²) in [4.78, 5) is 14.3. The van der Waals surface area contributed by atoms with E-state index in [1.54, 1.807) is 20.3 Å². The van der Waals surface area contributed by atoms with Crippen molar-refractivity contribution in [2.75, 3.05) is 33.0 Å². The fourth-order valence-corrected chi connectivity index (χ4v) is 2.97. The highest BCUT2D eigenvalue weighted by Crippen LogP contribution is 2.32. The molecule has 0 saturated carbocycles. The van der Waals surface area contributed by atoms with Gasteiger partial charge < -0.3 is 20.1 Å². The lowest BCUT2D eigenvalue weighted by Crippen LogP contribution is -2.39. The molecule has 122 valence electrons. The minimum absolute atomic E-state index is 0.209. The predicted molar refractivity (Wildman–Crippen MR) is 87.3 cm³/mol. The summed E-state index contributed by atoms with van der Waals surface area (Å²) in [6.07, 6.45) is 3.42. The lowest BCUT2D eigenvalue weighted by molar-refractivity contribution is -0.132. The third-order valence-corrected chi connectivity index (χ3v) is 4.26. The second-order valence-electron chi connectivity index (χ2n) is 5.99. The normalized spacial score (nSPS) is 18.1. The van der Waals surface area contributed by atoms with E-state index < -0.39 is 0 Å². The molecule has 1 saturated heterocycles. The van der Waals surface area contributed by atoms with Crippen LogP contribution in [0.3, 0.4) is 0 Å². The Hall–Kier alpha value is -1.91. The number of carbonyl (C=O) groups is 1. The molecule has 5 nitrogen and oxygen atoms in total. The lowest BCUT2D eigenvalue weighted by Gasteiger charge is -2.31. The summed E-state index contributed by atoms with van der Waals surface area (Å²) < 4.78 is 10.5. The van der Waals surface area contributed by atoms with Crippen LogP contribution in [0.1, 0.15) is 31.7 Å². The van der Waals surface area contributed by atoms with Crippen molar-refractivity contribution in [3.8, 4) is 11.5 Å². The zero-order valence-electron chi connectivity index (χ0n) is 13.7. The summed E-state index contributed by atoms with van der Waals surface area (Å²) >= 11 is 0. The number of hydrogen-bond donors (Lipinski definition) is 1. The maximum Gasteiger partial charge on any atom is 0.222 e. The SMILES string of the molecule is COc1cc(N)c(CCC(=O)N2CCCC(C)C2)cc1OC. The number of nitrogen functional groups attached to an aromatic ring is 1. The highest BCUT2D eigenvalue weighted by atomic mass is 16.5. The molecule has 1 fully saturated rings. The monoisotopic (exact) mass is 306 g/mol. The van der Waals surface area contributed by atoms with Crippen LogP contribution in [-0.4, -0.2) is 38.1 Å². The maximum absolute atomic E-state index is 12.3. The molecule has 2 rings (SSSR count). The van der Waals surface area contributed by atoms with Gasteiger partial charge in [-0.05, 0) is 36.8 Å². The highest BCUT2D eigenvalue weighted by Gasteiger charge is 2.21. The molecular weight excluding hydrogens is 280 g/mol. The third kappa shape index (κ3) is 3.84. The quantitative estimate of drug-likeness (QED) is 0.849. The number of piperidine rings is 1. The number of benzene rings is 1. The van der Waals surface area contributed by atoms with Crippen LogP contribution >= 0.6 is 0 Å². The molecule has 0 bridgehead atoms. The van der Waals surface area contributed by atoms with Gasteiger partial charge in [0.1, 0.15) is 0 Å². The Morgan fingerprint density at radius 2 is 2.00 bits per heavy atom. The van der Waals surface area contributed by atoms with Crippen molar-refractivity contribution in [3.63, 3.8) is 0 Å². The van der Waals surface area contributed by atoms with Gasteiger partial charge in [0.15, 0.2) is 11.5 Å². The molecule has 1 heterocycles. The molecule has 1 aromatic carbocycles. The van der Waals surface area contributed by atoms with Crippen molar-refractivity contribution < 1.29 is 14.3 Å². The highest BCUT2D eigenvalue weighted by molar-refractivity contribution is 5.77. The molecule has 1 aromatic rings. The summed E-state index contributed by atoms with van der Waals surface area (Å²) in [5, 5.41) is 0. The topological polar surface area (TPSA) is 64.8 Å². The van der Waals surface area contributed by atoms with E-state index in [-0.39, 0.29) is 5.91 Å². The van der Waals surface area contributed by atoms with Crippen molar-refractivity contribution in [3.05, 3.63) is 17.7 Å². The van der Waals surface area contributed by atoms with E-state index >= 15 is 0 Å². The Labute approximate surface area is 132 Å². The number of likely N-dealkylation sites (tertiary alicyclic amines) is 1. The number of methoxy groups -OCH3 is 2. The number of ether oxygens (including phenoxy) is 2. The Morgan fingerprint density at radius 3 is 2.64 bits per heavy atom. The maximum atomic E-state index is 12.3. The van der Waals surface area contributed by atoms with E-state index in [4.69, 9.17) is 15.2 Å². The fraction of sp³-hybridized carbons (Fsp3) is 0.588. The van der Waals surface area contributed by atoms with E-state index in [2.05, 4.69) is 6.92 Å². The van der Waals surface area contributed by atoms with Crippen LogP contribution in [0.2, 0.25) is 0 Å². The van der Waals surface area contributed by atoms with Gasteiger partial charge in [-0.25, -0.2) is 0 Å². The van der Waals surface area contributed by atoms with Crippen molar-refractivity contribution in [1.82, 2.24) is 4.90 Å². The van der Waals surface area contributed by atoms with Crippen LogP contribution in [0.25, 0.3) is 0 Å². The molecule has 0 radical (unpaired) electrons. The molecule has 0 aromatic heterocycles. The summed E-state index contributed by atoms with van der Waals surface area (Å²) in [5.41, 5.74) is 7.61. The Balaban J connectivity index is 2.00. The molecule has 0 spiro atoms. The number of carbonyl (C=O) groups excluding carboxylic acids is 1. The third-order valence-electron chi connectivity index (χ3n) is 4.26. The summed E-state index contributed by atoms with van der Waals surface area (Å²) in [5.74, 6) is 2.07. The van der Waals surface area contributed by atoms with Crippen LogP contribution < -0.4 is 15.2 Å². The van der Waals surface area contributed by atoms with E-state index in [0.717, 1.165) is 25.1 Å². The molecule has 1 atom stereocenters. The Kier molecular flexibility index (Phi) is 5.52. The van der Waals surface area contributed by atoms with Gasteiger partial charge in [-0.15, -0.1) is 0 Å². The van der Waals surface area contributed by atoms with E-state index in [9.17, 15) is 4.79 Å². The molecule has 1 amide bonds. The fourth-order valence-electron chi connectivity index (χ4n) is 2.97. The largest absolute Gasteiger partial charge is 0.493 e. The molecule has 2 N–H and O–H groups in total. The standard InChI is InChI=1S/C17H26N2O3/c1-12-5-4-8-19(11-12)17(20)7-6-13-9-15(21-2)16(22-3)10-14(13)18/h9-10,12H,4-8,11,18H2,1-3H3. The molecule has 5 heteroatoms. The number of nitrogens with zero attached hydrogens (tertiary/aromatic N) is 1. The van der Waals surface area contributed by atoms with Gasteiger partial charge in [-0.2, -0.15) is 0 Å². The Morgan fingerprint density at radius 1 is 1.32 bits per heavy atom. The first-order valence-electron chi connectivity index (χ1n) is 7.83. The Bertz CT molecular complexity index is 531. The molecule has 1 aliphatic heterocycles. The van der Waals surface area contributed by atoms with Crippen LogP contribution in [-0.2, 0) is 11.2 Å². The number of hydrogen-bond acceptors (Lipinski definition) is 4. The van der Waals surface area contributed by atoms with Crippen LogP contribution in [0.4, 0.5) is 5.69 Å². The average Bonchev–Trinajstić information content (AvgIpc) is 2.53. The summed E-state index contributed by atoms with van der Waals surface area (Å²) in [6, 6.07) is 3.61. The van der Waals surface area contributed by atoms with Gasteiger partial charge in [0.25, 0.3) is 0 Å². The van der Waals surface area contributed by atoms with E-state index in [1.807, 2.05) is 11.0 Å². The minimum Gasteiger partial charge on any atom is -0.493 e. The molecule has 1 unspecified atom stereocenters. The molecular formula is C17H26N2O3. The number of anilines is 1. The number of aryl methyl sites for hydroxylation is 1. The second-order valence-corrected chi connectivity index (χ2v) is 5.99. The van der Waals surface area contributed by atoms with E-state index in [1.165, 1.54) is 6.42 Å². The van der Waals surface area contributed by atoms with Gasteiger partial charge >= 0.3 is 0 Å². The number of amides is 1. The first-order chi connectivity index (χ1) is 10.5. The van der Waals surface area contributed by atoms with Crippen molar-refractivity contribution >= 4 is 11.6 Å². The number of nitrogens with two attached hydrogens (primary N) is 1. The van der Waals surface area contributed by atoms with Crippen LogP contribution in [0, 0.1) is 5.92 Å². The molecule has 0 aliphatic carbocycles. The first-order valence-corrected chi connectivity index (χ1v) is 7.83. The molecule has 22 heavy (non-hydrogen) atoms. The minimum atomic E-state index is 0.209. The van der Waals surface area contributed by atoms with Gasteiger partial charge in [0.2, 0.25) is 5.91 Å². The van der Waals surface area contributed by atoms with Crippen LogP contribution in [0.5, 0.6) is 11.5 Å². The van der Waals surface area contributed by atoms with Crippen molar-refractivity contribution in [1.29, 1.82) is 0 Å². The lowest BCUT2D eigenvalue weighted by atomic mass is 9.99. The van der Waals surface area contributed by atoms with Gasteiger partial charge in [0, 0.05) is 31.3 Å². The van der Waals surface area contributed by atoms with Crippen molar-refractivity contribution in [2.45, 2.75) is 32.6 Å². The van der Waals surface area contributed by atoms with Gasteiger partial charge in [-0.1, -0.05) is 6.92 Å². The molecule has 1 aliphatic rings.